The van der Waals surface area contributed by atoms with E-state index in [0.717, 1.165) is 16.1 Å². The van der Waals surface area contributed by atoms with Gasteiger partial charge in [-0.1, -0.05) is 18.2 Å². The van der Waals surface area contributed by atoms with E-state index in [9.17, 15) is 4.79 Å². The van der Waals surface area contributed by atoms with Crippen molar-refractivity contribution in [1.29, 1.82) is 0 Å². The smallest absolute Gasteiger partial charge is 0.267 e. The Bertz CT molecular complexity index is 842. The zero-order chi connectivity index (χ0) is 12.7. The van der Waals surface area contributed by atoms with Gasteiger partial charge in [0.1, 0.15) is 4.83 Å². The van der Waals surface area contributed by atoms with Crippen molar-refractivity contribution in [2.24, 2.45) is 0 Å². The first-order chi connectivity index (χ1) is 8.68. The molecule has 0 saturated heterocycles. The van der Waals surface area contributed by atoms with Gasteiger partial charge >= 0.3 is 0 Å². The summed E-state index contributed by atoms with van der Waals surface area (Å²) in [5.41, 5.74) is 1.79. The molecule has 0 amide bonds. The van der Waals surface area contributed by atoms with E-state index in [2.05, 4.69) is 4.98 Å². The van der Waals surface area contributed by atoms with Crippen LogP contribution in [-0.2, 0) is 0 Å². The number of fused-ring (bicyclic) bond motifs is 1. The Balaban J connectivity index is 2.47. The number of thiophene rings is 1. The second-order valence-corrected chi connectivity index (χ2v) is 5.32. The van der Waals surface area contributed by atoms with Crippen molar-refractivity contribution in [2.45, 2.75) is 6.92 Å². The van der Waals surface area contributed by atoms with Crippen LogP contribution >= 0.6 is 23.6 Å². The van der Waals surface area contributed by atoms with Crippen LogP contribution in [-0.4, -0.2) is 9.55 Å². The minimum Gasteiger partial charge on any atom is -0.323 e. The maximum Gasteiger partial charge on any atom is 0.267 e. The van der Waals surface area contributed by atoms with E-state index in [4.69, 9.17) is 12.2 Å². The van der Waals surface area contributed by atoms with Gasteiger partial charge in [0.2, 0.25) is 0 Å². The van der Waals surface area contributed by atoms with Gasteiger partial charge in [0.15, 0.2) is 4.77 Å². The molecule has 3 nitrogen and oxygen atoms in total. The topological polar surface area (TPSA) is 37.8 Å². The Labute approximate surface area is 112 Å². The summed E-state index contributed by atoms with van der Waals surface area (Å²) >= 11 is 6.78. The average Bonchev–Trinajstić information content (AvgIpc) is 2.79. The molecule has 3 aromatic rings. The molecule has 0 atom stereocenters. The predicted octanol–water partition coefficient (Wildman–Crippen LogP) is 3.42. The fourth-order valence-corrected chi connectivity index (χ4v) is 3.10. The molecule has 1 N–H and O–H groups in total. The van der Waals surface area contributed by atoms with Crippen LogP contribution in [0.25, 0.3) is 15.9 Å². The Morgan fingerprint density at radius 3 is 2.83 bits per heavy atom. The summed E-state index contributed by atoms with van der Waals surface area (Å²) in [7, 11) is 0. The number of hydrogen-bond donors (Lipinski definition) is 1. The van der Waals surface area contributed by atoms with Crippen molar-refractivity contribution in [3.63, 3.8) is 0 Å². The van der Waals surface area contributed by atoms with Crippen molar-refractivity contribution in [2.75, 3.05) is 0 Å². The first-order valence-electron chi connectivity index (χ1n) is 5.47. The quantitative estimate of drug-likeness (QED) is 0.690. The van der Waals surface area contributed by atoms with Gasteiger partial charge in [0.25, 0.3) is 5.56 Å². The van der Waals surface area contributed by atoms with Gasteiger partial charge in [-0.05, 0) is 42.2 Å². The van der Waals surface area contributed by atoms with Crippen LogP contribution in [0, 0.1) is 11.7 Å². The molecule has 0 bridgehead atoms. The van der Waals surface area contributed by atoms with Gasteiger partial charge in [0.05, 0.1) is 11.1 Å². The monoisotopic (exact) mass is 274 g/mol. The molecule has 0 aliphatic rings. The van der Waals surface area contributed by atoms with Gasteiger partial charge in [-0.2, -0.15) is 0 Å². The molecule has 0 radical (unpaired) electrons. The zero-order valence-electron chi connectivity index (χ0n) is 9.64. The number of hydrogen-bond acceptors (Lipinski definition) is 3. The number of H-pyrrole nitrogens is 1. The minimum atomic E-state index is -0.0655. The van der Waals surface area contributed by atoms with E-state index in [-0.39, 0.29) is 5.56 Å². The molecule has 3 rings (SSSR count). The van der Waals surface area contributed by atoms with Gasteiger partial charge in [-0.15, -0.1) is 11.3 Å². The lowest BCUT2D eigenvalue weighted by molar-refractivity contribution is 0.934. The van der Waals surface area contributed by atoms with Crippen molar-refractivity contribution >= 4 is 33.8 Å². The zero-order valence-corrected chi connectivity index (χ0v) is 11.3. The van der Waals surface area contributed by atoms with Gasteiger partial charge in [-0.25, -0.2) is 0 Å². The lowest BCUT2D eigenvalue weighted by atomic mass is 10.2. The van der Waals surface area contributed by atoms with Crippen molar-refractivity contribution < 1.29 is 0 Å². The summed E-state index contributed by atoms with van der Waals surface area (Å²) < 4.78 is 1.99. The SMILES string of the molecule is Cc1ccccc1-n1c(=S)[nH]c2sccc2c1=O. The van der Waals surface area contributed by atoms with E-state index in [0.29, 0.717) is 10.2 Å². The summed E-state index contributed by atoms with van der Waals surface area (Å²) in [6.45, 7) is 1.97. The summed E-state index contributed by atoms with van der Waals surface area (Å²) in [5.74, 6) is 0. The van der Waals surface area contributed by atoms with E-state index in [1.165, 1.54) is 11.3 Å². The lowest BCUT2D eigenvalue weighted by Crippen LogP contribution is -2.20. The first-order valence-corrected chi connectivity index (χ1v) is 6.76. The van der Waals surface area contributed by atoms with Gasteiger partial charge in [0, 0.05) is 0 Å². The molecular formula is C13H10N2OS2. The lowest BCUT2D eigenvalue weighted by Gasteiger charge is -2.09. The standard InChI is InChI=1S/C13H10N2OS2/c1-8-4-2-3-5-10(8)15-12(16)9-6-7-18-11(9)14-13(15)17/h2-7H,1H3,(H,14,17). The maximum absolute atomic E-state index is 12.4. The molecule has 0 spiro atoms. The van der Waals surface area contributed by atoms with Crippen LogP contribution < -0.4 is 5.56 Å². The van der Waals surface area contributed by atoms with Gasteiger partial charge < -0.3 is 4.98 Å². The summed E-state index contributed by atoms with van der Waals surface area (Å²) in [4.78, 5) is 16.4. The highest BCUT2D eigenvalue weighted by atomic mass is 32.1. The Morgan fingerprint density at radius 2 is 2.06 bits per heavy atom. The number of rotatable bonds is 1. The largest absolute Gasteiger partial charge is 0.323 e. The van der Waals surface area contributed by atoms with E-state index < -0.39 is 0 Å². The normalized spacial score (nSPS) is 10.9. The Hall–Kier alpha value is -1.72. The predicted molar refractivity (Wildman–Crippen MR) is 77.3 cm³/mol. The maximum atomic E-state index is 12.4. The number of nitrogens with zero attached hydrogens (tertiary/aromatic N) is 1. The molecule has 2 heterocycles. The third-order valence-electron chi connectivity index (χ3n) is 2.88. The minimum absolute atomic E-state index is 0.0655. The highest BCUT2D eigenvalue weighted by Crippen LogP contribution is 2.17. The Kier molecular flexibility index (Phi) is 2.65. The molecule has 0 fully saturated rings. The summed E-state index contributed by atoms with van der Waals surface area (Å²) in [6, 6.07) is 9.54. The van der Waals surface area contributed by atoms with Crippen LogP contribution in [0.1, 0.15) is 5.56 Å². The molecule has 0 aliphatic carbocycles. The summed E-state index contributed by atoms with van der Waals surface area (Å²) in [6.07, 6.45) is 0. The molecular weight excluding hydrogens is 264 g/mol. The first kappa shape index (κ1) is 11.4. The molecule has 90 valence electrons. The van der Waals surface area contributed by atoms with E-state index >= 15 is 0 Å². The van der Waals surface area contributed by atoms with Crippen LogP contribution in [0.3, 0.4) is 0 Å². The van der Waals surface area contributed by atoms with Crippen LogP contribution in [0.15, 0.2) is 40.5 Å². The molecule has 0 saturated carbocycles. The average molecular weight is 274 g/mol. The number of aromatic amines is 1. The van der Waals surface area contributed by atoms with E-state index in [1.807, 2.05) is 42.6 Å². The van der Waals surface area contributed by atoms with Crippen molar-refractivity contribution in [3.8, 4) is 5.69 Å². The number of aromatic nitrogens is 2. The highest BCUT2D eigenvalue weighted by molar-refractivity contribution is 7.71. The van der Waals surface area contributed by atoms with Crippen LogP contribution in [0.5, 0.6) is 0 Å². The van der Waals surface area contributed by atoms with E-state index in [1.54, 1.807) is 4.57 Å². The number of aryl methyl sites for hydroxylation is 1. The second kappa shape index (κ2) is 4.19. The van der Waals surface area contributed by atoms with Crippen LogP contribution in [0.4, 0.5) is 0 Å². The molecule has 2 aromatic heterocycles. The Morgan fingerprint density at radius 1 is 1.28 bits per heavy atom. The second-order valence-electron chi connectivity index (χ2n) is 4.02. The van der Waals surface area contributed by atoms with Gasteiger partial charge in [-0.3, -0.25) is 9.36 Å². The number of benzene rings is 1. The third kappa shape index (κ3) is 1.63. The van der Waals surface area contributed by atoms with Crippen molar-refractivity contribution in [1.82, 2.24) is 9.55 Å². The van der Waals surface area contributed by atoms with Crippen LogP contribution in [0.2, 0.25) is 0 Å². The molecule has 0 unspecified atom stereocenters. The highest BCUT2D eigenvalue weighted by Gasteiger charge is 2.09. The summed E-state index contributed by atoms with van der Waals surface area (Å²) in [5, 5.41) is 2.57. The fourth-order valence-electron chi connectivity index (χ4n) is 1.97. The fraction of sp³-hybridized carbons (Fsp3) is 0.0769. The number of nitrogens with one attached hydrogen (secondary N) is 1. The third-order valence-corrected chi connectivity index (χ3v) is 3.99. The number of para-hydroxylation sites is 1. The molecule has 0 aliphatic heterocycles. The molecule has 5 heteroatoms. The molecule has 18 heavy (non-hydrogen) atoms. The van der Waals surface area contributed by atoms with Crippen molar-refractivity contribution in [3.05, 3.63) is 56.4 Å². The molecule has 1 aromatic carbocycles.